The average Bonchev–Trinajstić information content (AvgIpc) is 2.70. The Morgan fingerprint density at radius 1 is 1.05 bits per heavy atom. The van der Waals surface area contributed by atoms with Gasteiger partial charge in [0.15, 0.2) is 0 Å². The van der Waals surface area contributed by atoms with Crippen molar-refractivity contribution in [3.05, 3.63) is 50.4 Å². The minimum Gasteiger partial charge on any atom is -0.369 e. The Kier molecular flexibility index (Phi) is 3.55. The Morgan fingerprint density at radius 3 is 2.43 bits per heavy atom. The Bertz CT molecular complexity index is 880. The molecule has 0 radical (unpaired) electrons. The van der Waals surface area contributed by atoms with Gasteiger partial charge in [0.05, 0.1) is 31.2 Å². The van der Waals surface area contributed by atoms with Crippen LogP contribution in [0.25, 0.3) is 16.7 Å². The first-order valence-electron chi connectivity index (χ1n) is 5.66. The molecule has 3 nitrogen and oxygen atoms in total. The van der Waals surface area contributed by atoms with E-state index >= 15 is 0 Å². The number of nitrogens with zero attached hydrogens (tertiary/aromatic N) is 2. The maximum Gasteiger partial charge on any atom is 0.206 e. The van der Waals surface area contributed by atoms with Crippen molar-refractivity contribution in [1.82, 2.24) is 9.55 Å². The standard InChI is InChI=1S/C13H6BrCl2F2N3/c14-5-1-11(9(18)4-8(5)17)21-12-3-7(16)6(15)2-10(12)20-13(21)19/h1-4H,(H2,19,20). The highest BCUT2D eigenvalue weighted by molar-refractivity contribution is 9.10. The molecule has 0 spiro atoms. The van der Waals surface area contributed by atoms with E-state index < -0.39 is 11.6 Å². The zero-order valence-corrected chi connectivity index (χ0v) is 13.3. The predicted octanol–water partition coefficient (Wildman–Crippen LogP) is 4.96. The van der Waals surface area contributed by atoms with E-state index in [0.717, 1.165) is 6.07 Å². The van der Waals surface area contributed by atoms with Crippen LogP contribution in [0.5, 0.6) is 0 Å². The fourth-order valence-electron chi connectivity index (χ4n) is 2.03. The number of hydrogen-bond acceptors (Lipinski definition) is 2. The van der Waals surface area contributed by atoms with Crippen LogP contribution in [0.1, 0.15) is 0 Å². The van der Waals surface area contributed by atoms with Gasteiger partial charge in [0, 0.05) is 6.07 Å². The molecule has 0 aliphatic carbocycles. The molecule has 3 rings (SSSR count). The fourth-order valence-corrected chi connectivity index (χ4v) is 2.68. The molecule has 0 unspecified atom stereocenters. The van der Waals surface area contributed by atoms with Crippen LogP contribution in [0.3, 0.4) is 0 Å². The van der Waals surface area contributed by atoms with Crippen molar-refractivity contribution in [3.8, 4) is 5.69 Å². The van der Waals surface area contributed by atoms with Crippen LogP contribution >= 0.6 is 39.1 Å². The number of nitrogens with two attached hydrogens (primary N) is 1. The molecule has 3 aromatic rings. The SMILES string of the molecule is Nc1nc2cc(Cl)c(Cl)cc2n1-c1cc(Br)c(F)cc1F. The van der Waals surface area contributed by atoms with E-state index in [4.69, 9.17) is 28.9 Å². The summed E-state index contributed by atoms with van der Waals surface area (Å²) in [5, 5.41) is 0.599. The van der Waals surface area contributed by atoms with Gasteiger partial charge in [-0.3, -0.25) is 4.57 Å². The van der Waals surface area contributed by atoms with Crippen molar-refractivity contribution < 1.29 is 8.78 Å². The van der Waals surface area contributed by atoms with E-state index in [1.165, 1.54) is 22.8 Å². The number of hydrogen-bond donors (Lipinski definition) is 1. The maximum absolute atomic E-state index is 14.1. The van der Waals surface area contributed by atoms with Crippen molar-refractivity contribution in [2.75, 3.05) is 5.73 Å². The van der Waals surface area contributed by atoms with Gasteiger partial charge >= 0.3 is 0 Å². The minimum absolute atomic E-state index is 0.0424. The fraction of sp³-hybridized carbons (Fsp3) is 0. The minimum atomic E-state index is -0.771. The number of nitrogen functional groups attached to an aromatic ring is 1. The van der Waals surface area contributed by atoms with Crippen LogP contribution in [0.4, 0.5) is 14.7 Å². The smallest absolute Gasteiger partial charge is 0.206 e. The van der Waals surface area contributed by atoms with Crippen molar-refractivity contribution in [1.29, 1.82) is 0 Å². The molecule has 0 aliphatic heterocycles. The Labute approximate surface area is 136 Å². The molecular weight excluding hydrogens is 387 g/mol. The third-order valence-electron chi connectivity index (χ3n) is 2.95. The van der Waals surface area contributed by atoms with Gasteiger partial charge in [-0.15, -0.1) is 0 Å². The molecule has 2 aromatic carbocycles. The van der Waals surface area contributed by atoms with E-state index in [0.29, 0.717) is 16.1 Å². The van der Waals surface area contributed by atoms with Crippen molar-refractivity contribution >= 4 is 56.1 Å². The van der Waals surface area contributed by atoms with E-state index in [2.05, 4.69) is 20.9 Å². The van der Waals surface area contributed by atoms with Crippen LogP contribution in [-0.4, -0.2) is 9.55 Å². The normalized spacial score (nSPS) is 11.3. The van der Waals surface area contributed by atoms with Gasteiger partial charge in [-0.25, -0.2) is 13.8 Å². The molecule has 0 fully saturated rings. The molecular formula is C13H6BrCl2F2N3. The highest BCUT2D eigenvalue weighted by Gasteiger charge is 2.17. The zero-order valence-electron chi connectivity index (χ0n) is 10.2. The molecule has 0 saturated carbocycles. The lowest BCUT2D eigenvalue weighted by Crippen LogP contribution is -2.03. The topological polar surface area (TPSA) is 43.8 Å². The largest absolute Gasteiger partial charge is 0.369 e. The number of rotatable bonds is 1. The van der Waals surface area contributed by atoms with Crippen LogP contribution in [0.15, 0.2) is 28.7 Å². The summed E-state index contributed by atoms with van der Waals surface area (Å²) in [5.74, 6) is -1.44. The lowest BCUT2D eigenvalue weighted by Gasteiger charge is -2.09. The highest BCUT2D eigenvalue weighted by atomic mass is 79.9. The molecule has 21 heavy (non-hydrogen) atoms. The van der Waals surface area contributed by atoms with Crippen LogP contribution in [0.2, 0.25) is 10.0 Å². The second-order valence-electron chi connectivity index (χ2n) is 4.28. The Morgan fingerprint density at radius 2 is 1.71 bits per heavy atom. The number of halogens is 5. The van der Waals surface area contributed by atoms with Crippen molar-refractivity contribution in [2.45, 2.75) is 0 Å². The molecule has 0 amide bonds. The second kappa shape index (κ2) is 5.12. The third kappa shape index (κ3) is 2.37. The molecule has 1 heterocycles. The summed E-state index contributed by atoms with van der Waals surface area (Å²) in [6, 6.07) is 5.11. The number of aromatic nitrogens is 2. The first kappa shape index (κ1) is 14.6. The molecule has 0 atom stereocenters. The average molecular weight is 393 g/mol. The van der Waals surface area contributed by atoms with E-state index in [1.54, 1.807) is 0 Å². The summed E-state index contributed by atoms with van der Waals surface area (Å²) in [4.78, 5) is 4.11. The summed E-state index contributed by atoms with van der Waals surface area (Å²) in [6.07, 6.45) is 0. The monoisotopic (exact) mass is 391 g/mol. The van der Waals surface area contributed by atoms with Crippen LogP contribution in [-0.2, 0) is 0 Å². The van der Waals surface area contributed by atoms with Gasteiger partial charge in [0.25, 0.3) is 0 Å². The molecule has 2 N–H and O–H groups in total. The van der Waals surface area contributed by atoms with Gasteiger partial charge in [0.1, 0.15) is 11.6 Å². The highest BCUT2D eigenvalue weighted by Crippen LogP contribution is 2.32. The molecule has 0 aliphatic rings. The maximum atomic E-state index is 14.1. The molecule has 108 valence electrons. The first-order valence-corrected chi connectivity index (χ1v) is 7.21. The quantitative estimate of drug-likeness (QED) is 0.595. The van der Waals surface area contributed by atoms with Gasteiger partial charge in [0.2, 0.25) is 5.95 Å². The van der Waals surface area contributed by atoms with Gasteiger partial charge in [-0.1, -0.05) is 23.2 Å². The molecule has 0 saturated heterocycles. The Balaban J connectivity index is 2.37. The summed E-state index contributed by atoms with van der Waals surface area (Å²) in [7, 11) is 0. The molecule has 0 bridgehead atoms. The van der Waals surface area contributed by atoms with E-state index in [9.17, 15) is 8.78 Å². The number of fused-ring (bicyclic) bond motifs is 1. The first-order chi connectivity index (χ1) is 9.88. The van der Waals surface area contributed by atoms with E-state index in [-0.39, 0.29) is 21.1 Å². The number of imidazole rings is 1. The zero-order chi connectivity index (χ0) is 15.3. The predicted molar refractivity (Wildman–Crippen MR) is 83.1 cm³/mol. The number of anilines is 1. The lowest BCUT2D eigenvalue weighted by atomic mass is 10.2. The summed E-state index contributed by atoms with van der Waals surface area (Å²) in [6.45, 7) is 0. The Hall–Kier alpha value is -1.37. The summed E-state index contributed by atoms with van der Waals surface area (Å²) >= 11 is 14.9. The van der Waals surface area contributed by atoms with Crippen LogP contribution in [0, 0.1) is 11.6 Å². The van der Waals surface area contributed by atoms with Gasteiger partial charge < -0.3 is 5.73 Å². The van der Waals surface area contributed by atoms with Crippen molar-refractivity contribution in [2.24, 2.45) is 0 Å². The van der Waals surface area contributed by atoms with E-state index in [1.807, 2.05) is 0 Å². The summed E-state index contributed by atoms with van der Waals surface area (Å²) < 4.78 is 28.9. The molecule has 1 aromatic heterocycles. The third-order valence-corrected chi connectivity index (χ3v) is 4.28. The van der Waals surface area contributed by atoms with Crippen LogP contribution < -0.4 is 5.73 Å². The number of benzene rings is 2. The summed E-state index contributed by atoms with van der Waals surface area (Å²) in [5.41, 5.74) is 6.82. The van der Waals surface area contributed by atoms with Crippen molar-refractivity contribution in [3.63, 3.8) is 0 Å². The second-order valence-corrected chi connectivity index (χ2v) is 5.95. The lowest BCUT2D eigenvalue weighted by molar-refractivity contribution is 0.574. The molecule has 8 heteroatoms. The van der Waals surface area contributed by atoms with Gasteiger partial charge in [-0.2, -0.15) is 0 Å². The van der Waals surface area contributed by atoms with Gasteiger partial charge in [-0.05, 0) is 34.1 Å².